The number of aryl methyl sites for hydroxylation is 1. The quantitative estimate of drug-likeness (QED) is 0.832. The molecule has 104 valence electrons. The molecular weight excluding hydrogens is 244 g/mol. The van der Waals surface area contributed by atoms with Crippen molar-refractivity contribution in [2.75, 3.05) is 13.1 Å². The van der Waals surface area contributed by atoms with E-state index >= 15 is 0 Å². The second-order valence-electron chi connectivity index (χ2n) is 6.03. The van der Waals surface area contributed by atoms with Gasteiger partial charge in [-0.1, -0.05) is 55.8 Å². The predicted octanol–water partition coefficient (Wildman–Crippen LogP) is 3.93. The average molecular weight is 266 g/mol. The molecular formula is C18H22N2. The Morgan fingerprint density at radius 2 is 1.80 bits per heavy atom. The van der Waals surface area contributed by atoms with Crippen molar-refractivity contribution < 1.29 is 0 Å². The van der Waals surface area contributed by atoms with Crippen molar-refractivity contribution in [1.29, 1.82) is 5.26 Å². The highest BCUT2D eigenvalue weighted by atomic mass is 14.9. The lowest BCUT2D eigenvalue weighted by atomic mass is 9.83. The summed E-state index contributed by atoms with van der Waals surface area (Å²) >= 11 is 0. The van der Waals surface area contributed by atoms with Gasteiger partial charge in [-0.15, -0.1) is 0 Å². The van der Waals surface area contributed by atoms with Crippen LogP contribution in [-0.2, 0) is 5.41 Å². The topological polar surface area (TPSA) is 35.8 Å². The third-order valence-corrected chi connectivity index (χ3v) is 3.76. The van der Waals surface area contributed by atoms with Crippen molar-refractivity contribution >= 4 is 10.8 Å². The molecule has 0 heterocycles. The highest BCUT2D eigenvalue weighted by molar-refractivity contribution is 5.84. The summed E-state index contributed by atoms with van der Waals surface area (Å²) in [4.78, 5) is 0. The van der Waals surface area contributed by atoms with Crippen molar-refractivity contribution in [3.63, 3.8) is 0 Å². The minimum atomic E-state index is 0.0640. The lowest BCUT2D eigenvalue weighted by molar-refractivity contribution is 0.473. The molecule has 0 amide bonds. The second-order valence-corrected chi connectivity index (χ2v) is 6.03. The van der Waals surface area contributed by atoms with E-state index in [4.69, 9.17) is 5.26 Å². The summed E-state index contributed by atoms with van der Waals surface area (Å²) in [7, 11) is 0. The molecule has 20 heavy (non-hydrogen) atoms. The third-order valence-electron chi connectivity index (χ3n) is 3.76. The number of nitrogens with zero attached hydrogens (tertiary/aromatic N) is 1. The zero-order valence-corrected chi connectivity index (χ0v) is 12.5. The number of hydrogen-bond acceptors (Lipinski definition) is 2. The fraction of sp³-hybridized carbons (Fsp3) is 0.389. The van der Waals surface area contributed by atoms with E-state index in [1.165, 1.54) is 21.9 Å². The molecule has 0 aliphatic heterocycles. The maximum Gasteiger partial charge on any atom is 0.0635 e. The number of fused-ring (bicyclic) bond motifs is 1. The summed E-state index contributed by atoms with van der Waals surface area (Å²) in [6.45, 7) is 8.23. The van der Waals surface area contributed by atoms with Crippen LogP contribution < -0.4 is 5.32 Å². The Labute approximate surface area is 121 Å². The second kappa shape index (κ2) is 6.07. The molecule has 2 aromatic carbocycles. The molecule has 1 N–H and O–H groups in total. The number of benzene rings is 2. The molecule has 0 saturated carbocycles. The highest BCUT2D eigenvalue weighted by Gasteiger charge is 2.20. The molecule has 0 fully saturated rings. The van der Waals surface area contributed by atoms with E-state index in [9.17, 15) is 0 Å². The Kier molecular flexibility index (Phi) is 4.42. The first-order chi connectivity index (χ1) is 9.53. The first-order valence-corrected chi connectivity index (χ1v) is 7.11. The van der Waals surface area contributed by atoms with Gasteiger partial charge in [0, 0.05) is 24.9 Å². The zero-order chi connectivity index (χ0) is 14.6. The Morgan fingerprint density at radius 3 is 2.55 bits per heavy atom. The van der Waals surface area contributed by atoms with E-state index in [2.05, 4.69) is 68.6 Å². The summed E-state index contributed by atoms with van der Waals surface area (Å²) in [6, 6.07) is 15.4. The smallest absolute Gasteiger partial charge is 0.0635 e. The molecule has 0 saturated heterocycles. The van der Waals surface area contributed by atoms with Crippen molar-refractivity contribution in [3.05, 3.63) is 47.5 Å². The molecule has 0 aromatic heterocycles. The van der Waals surface area contributed by atoms with Gasteiger partial charge in [0.25, 0.3) is 0 Å². The molecule has 2 nitrogen and oxygen atoms in total. The van der Waals surface area contributed by atoms with Crippen LogP contribution in [0, 0.1) is 18.3 Å². The summed E-state index contributed by atoms with van der Waals surface area (Å²) < 4.78 is 0. The van der Waals surface area contributed by atoms with Gasteiger partial charge in [0.05, 0.1) is 6.07 Å². The van der Waals surface area contributed by atoms with Gasteiger partial charge in [-0.2, -0.15) is 5.26 Å². The molecule has 0 atom stereocenters. The minimum Gasteiger partial charge on any atom is -0.315 e. The molecule has 0 unspecified atom stereocenters. The highest BCUT2D eigenvalue weighted by Crippen LogP contribution is 2.26. The molecule has 0 aliphatic rings. The van der Waals surface area contributed by atoms with Crippen LogP contribution in [0.2, 0.25) is 0 Å². The summed E-state index contributed by atoms with van der Waals surface area (Å²) in [5.41, 5.74) is 2.69. The van der Waals surface area contributed by atoms with Crippen LogP contribution in [0.1, 0.15) is 31.4 Å². The van der Waals surface area contributed by atoms with E-state index in [0.29, 0.717) is 6.42 Å². The Bertz CT molecular complexity index is 635. The van der Waals surface area contributed by atoms with E-state index in [1.807, 2.05) is 0 Å². The fourth-order valence-corrected chi connectivity index (χ4v) is 2.43. The van der Waals surface area contributed by atoms with Gasteiger partial charge in [-0.3, -0.25) is 0 Å². The van der Waals surface area contributed by atoms with Crippen LogP contribution in [-0.4, -0.2) is 13.1 Å². The normalized spacial score (nSPS) is 11.5. The Morgan fingerprint density at radius 1 is 1.10 bits per heavy atom. The number of nitrogens with one attached hydrogen (secondary N) is 1. The van der Waals surface area contributed by atoms with Crippen LogP contribution in [0.5, 0.6) is 0 Å². The number of nitriles is 1. The number of rotatable bonds is 5. The van der Waals surface area contributed by atoms with Crippen LogP contribution in [0.25, 0.3) is 10.8 Å². The van der Waals surface area contributed by atoms with Gasteiger partial charge >= 0.3 is 0 Å². The lowest BCUT2D eigenvalue weighted by Gasteiger charge is -2.26. The molecule has 2 heteroatoms. The van der Waals surface area contributed by atoms with Gasteiger partial charge in [0.15, 0.2) is 0 Å². The van der Waals surface area contributed by atoms with Crippen LogP contribution >= 0.6 is 0 Å². The SMILES string of the molecule is Cc1ccc2cc(C(C)(C)CNCCC#N)ccc2c1. The number of hydrogen-bond donors (Lipinski definition) is 1. The summed E-state index contributed by atoms with van der Waals surface area (Å²) in [5, 5.41) is 14.5. The molecule has 0 radical (unpaired) electrons. The van der Waals surface area contributed by atoms with Gasteiger partial charge in [0.2, 0.25) is 0 Å². The van der Waals surface area contributed by atoms with E-state index < -0.39 is 0 Å². The van der Waals surface area contributed by atoms with E-state index in [1.54, 1.807) is 0 Å². The first kappa shape index (κ1) is 14.6. The van der Waals surface area contributed by atoms with E-state index in [0.717, 1.165) is 13.1 Å². The van der Waals surface area contributed by atoms with Crippen molar-refractivity contribution in [1.82, 2.24) is 5.32 Å². The average Bonchev–Trinajstić information content (AvgIpc) is 2.43. The fourth-order valence-electron chi connectivity index (χ4n) is 2.43. The van der Waals surface area contributed by atoms with Gasteiger partial charge in [0.1, 0.15) is 0 Å². The van der Waals surface area contributed by atoms with Gasteiger partial charge in [-0.05, 0) is 23.3 Å². The van der Waals surface area contributed by atoms with E-state index in [-0.39, 0.29) is 5.41 Å². The van der Waals surface area contributed by atoms with Crippen molar-refractivity contribution in [3.8, 4) is 6.07 Å². The zero-order valence-electron chi connectivity index (χ0n) is 12.5. The summed E-state index contributed by atoms with van der Waals surface area (Å²) in [6.07, 6.45) is 0.563. The standard InChI is InChI=1S/C18H22N2/c1-14-5-6-16-12-17(8-7-15(16)11-14)18(2,3)13-20-10-4-9-19/h5-8,11-12,20H,4,10,13H2,1-3H3. The van der Waals surface area contributed by atoms with Crippen molar-refractivity contribution in [2.45, 2.75) is 32.6 Å². The van der Waals surface area contributed by atoms with Crippen LogP contribution in [0.15, 0.2) is 36.4 Å². The first-order valence-electron chi connectivity index (χ1n) is 7.11. The van der Waals surface area contributed by atoms with Gasteiger partial charge < -0.3 is 5.32 Å². The van der Waals surface area contributed by atoms with Crippen molar-refractivity contribution in [2.24, 2.45) is 0 Å². The Hall–Kier alpha value is -1.85. The molecule has 2 rings (SSSR count). The summed E-state index contributed by atoms with van der Waals surface area (Å²) in [5.74, 6) is 0. The molecule has 2 aromatic rings. The Balaban J connectivity index is 2.19. The monoisotopic (exact) mass is 266 g/mol. The lowest BCUT2D eigenvalue weighted by Crippen LogP contribution is -2.33. The van der Waals surface area contributed by atoms with Gasteiger partial charge in [-0.25, -0.2) is 0 Å². The molecule has 0 bridgehead atoms. The largest absolute Gasteiger partial charge is 0.315 e. The molecule has 0 spiro atoms. The van der Waals surface area contributed by atoms with Crippen LogP contribution in [0.4, 0.5) is 0 Å². The third kappa shape index (κ3) is 3.37. The maximum absolute atomic E-state index is 8.56. The van der Waals surface area contributed by atoms with Crippen LogP contribution in [0.3, 0.4) is 0 Å². The predicted molar refractivity (Wildman–Crippen MR) is 84.8 cm³/mol. The molecule has 0 aliphatic carbocycles. The maximum atomic E-state index is 8.56. The minimum absolute atomic E-state index is 0.0640.